The lowest BCUT2D eigenvalue weighted by Crippen LogP contribution is -2.28. The molecule has 1 saturated heterocycles. The van der Waals surface area contributed by atoms with Crippen LogP contribution >= 0.6 is 0 Å². The molecule has 2 aliphatic rings. The number of carbonyl (C=O) groups is 1. The summed E-state index contributed by atoms with van der Waals surface area (Å²) in [5.41, 5.74) is 3.63. The normalized spacial score (nSPS) is 21.6. The van der Waals surface area contributed by atoms with Gasteiger partial charge in [0.05, 0.1) is 13.2 Å². The minimum Gasteiger partial charge on any atom is -0.344 e. The zero-order valence-electron chi connectivity index (χ0n) is 15.7. The minimum atomic E-state index is -0.617. The average molecular weight is 332 g/mol. The maximum absolute atomic E-state index is 12.4. The van der Waals surface area contributed by atoms with Crippen molar-refractivity contribution < 1.29 is 14.3 Å². The van der Waals surface area contributed by atoms with Crippen molar-refractivity contribution in [1.82, 2.24) is 0 Å². The summed E-state index contributed by atoms with van der Waals surface area (Å²) in [6.07, 6.45) is 11.9. The molecule has 24 heavy (non-hydrogen) atoms. The molecule has 1 atom stereocenters. The Bertz CT molecular complexity index is 533. The second-order valence-corrected chi connectivity index (χ2v) is 7.01. The molecule has 1 fully saturated rings. The van der Waals surface area contributed by atoms with E-state index in [2.05, 4.69) is 39.0 Å². The van der Waals surface area contributed by atoms with E-state index in [1.807, 2.05) is 6.92 Å². The summed E-state index contributed by atoms with van der Waals surface area (Å²) < 4.78 is 11.6. The highest BCUT2D eigenvalue weighted by Crippen LogP contribution is 2.34. The van der Waals surface area contributed by atoms with E-state index >= 15 is 0 Å². The standard InChI is InChI=1S/C21H32O3/c1-5-7-18(6-2)20(22)13-11-17-9-8-16(3)19(12-10-17)21(4)23-14-15-24-21/h9-10,12,18H,5-8,11,13-15H2,1-4H3. The Morgan fingerprint density at radius 1 is 1.25 bits per heavy atom. The molecular weight excluding hydrogens is 300 g/mol. The van der Waals surface area contributed by atoms with Crippen LogP contribution in [0.1, 0.15) is 66.2 Å². The Morgan fingerprint density at radius 3 is 2.58 bits per heavy atom. The lowest BCUT2D eigenvalue weighted by Gasteiger charge is -2.25. The van der Waals surface area contributed by atoms with Crippen LogP contribution in [0.4, 0.5) is 0 Å². The van der Waals surface area contributed by atoms with Gasteiger partial charge in [0.25, 0.3) is 0 Å². The quantitative estimate of drug-likeness (QED) is 0.618. The predicted octanol–water partition coefficient (Wildman–Crippen LogP) is 5.13. The second kappa shape index (κ2) is 8.77. The number of carbonyl (C=O) groups excluding carboxylic acids is 1. The monoisotopic (exact) mass is 332 g/mol. The van der Waals surface area contributed by atoms with Crippen molar-refractivity contribution in [2.75, 3.05) is 13.2 Å². The van der Waals surface area contributed by atoms with Gasteiger partial charge in [-0.1, -0.05) is 49.6 Å². The Kier molecular flexibility index (Phi) is 7.00. The molecule has 0 aromatic heterocycles. The molecule has 134 valence electrons. The molecule has 0 N–H and O–H groups in total. The highest BCUT2D eigenvalue weighted by molar-refractivity contribution is 5.81. The summed E-state index contributed by atoms with van der Waals surface area (Å²) >= 11 is 0. The van der Waals surface area contributed by atoms with Gasteiger partial charge in [-0.2, -0.15) is 0 Å². The van der Waals surface area contributed by atoms with E-state index < -0.39 is 5.79 Å². The van der Waals surface area contributed by atoms with Crippen molar-refractivity contribution >= 4 is 5.78 Å². The maximum Gasteiger partial charge on any atom is 0.192 e. The van der Waals surface area contributed by atoms with Crippen LogP contribution in [-0.4, -0.2) is 24.8 Å². The zero-order valence-corrected chi connectivity index (χ0v) is 15.7. The topological polar surface area (TPSA) is 35.5 Å². The van der Waals surface area contributed by atoms with Gasteiger partial charge in [-0.25, -0.2) is 0 Å². The molecule has 0 radical (unpaired) electrons. The fourth-order valence-electron chi connectivity index (χ4n) is 3.60. The molecule has 1 aliphatic heterocycles. The number of hydrogen-bond acceptors (Lipinski definition) is 3. The fourth-order valence-corrected chi connectivity index (χ4v) is 3.60. The van der Waals surface area contributed by atoms with Gasteiger partial charge in [-0.15, -0.1) is 0 Å². The van der Waals surface area contributed by atoms with Crippen molar-refractivity contribution in [1.29, 1.82) is 0 Å². The van der Waals surface area contributed by atoms with Crippen LogP contribution in [0.3, 0.4) is 0 Å². The average Bonchev–Trinajstić information content (AvgIpc) is 2.92. The molecule has 2 rings (SSSR count). The second-order valence-electron chi connectivity index (χ2n) is 7.01. The number of allylic oxidation sites excluding steroid dienone is 4. The van der Waals surface area contributed by atoms with Gasteiger partial charge in [-0.05, 0) is 39.5 Å². The predicted molar refractivity (Wildman–Crippen MR) is 97.8 cm³/mol. The van der Waals surface area contributed by atoms with Crippen LogP contribution in [0.5, 0.6) is 0 Å². The first-order valence-electron chi connectivity index (χ1n) is 9.38. The van der Waals surface area contributed by atoms with Crippen LogP contribution in [-0.2, 0) is 14.3 Å². The van der Waals surface area contributed by atoms with Gasteiger partial charge in [0, 0.05) is 17.9 Å². The van der Waals surface area contributed by atoms with Crippen molar-refractivity contribution in [2.24, 2.45) is 5.92 Å². The molecule has 1 unspecified atom stereocenters. The van der Waals surface area contributed by atoms with E-state index in [1.165, 1.54) is 11.1 Å². The molecule has 0 amide bonds. The Labute approximate surface area is 146 Å². The Hall–Kier alpha value is -1.19. The van der Waals surface area contributed by atoms with E-state index in [9.17, 15) is 4.79 Å². The molecule has 3 nitrogen and oxygen atoms in total. The van der Waals surface area contributed by atoms with Crippen LogP contribution in [0, 0.1) is 5.92 Å². The maximum atomic E-state index is 12.4. The van der Waals surface area contributed by atoms with E-state index in [0.717, 1.165) is 37.7 Å². The molecule has 0 bridgehead atoms. The SMILES string of the molecule is CCCC(CC)C(=O)CCC1=CCC(C)=C(C2(C)OCCO2)C=C1. The van der Waals surface area contributed by atoms with Crippen molar-refractivity contribution in [3.8, 4) is 0 Å². The molecule has 3 heteroatoms. The van der Waals surface area contributed by atoms with Gasteiger partial charge in [0.15, 0.2) is 5.79 Å². The third-order valence-electron chi connectivity index (χ3n) is 5.17. The number of ether oxygens (including phenoxy) is 2. The Morgan fingerprint density at radius 2 is 1.96 bits per heavy atom. The fraction of sp³-hybridized carbons (Fsp3) is 0.667. The van der Waals surface area contributed by atoms with Crippen molar-refractivity contribution in [3.05, 3.63) is 34.9 Å². The van der Waals surface area contributed by atoms with Gasteiger partial charge in [0.2, 0.25) is 0 Å². The highest BCUT2D eigenvalue weighted by Gasteiger charge is 2.35. The minimum absolute atomic E-state index is 0.236. The third-order valence-corrected chi connectivity index (χ3v) is 5.17. The van der Waals surface area contributed by atoms with E-state index in [0.29, 0.717) is 25.4 Å². The summed E-state index contributed by atoms with van der Waals surface area (Å²) in [4.78, 5) is 12.4. The molecular formula is C21H32O3. The summed E-state index contributed by atoms with van der Waals surface area (Å²) in [6.45, 7) is 9.68. The lowest BCUT2D eigenvalue weighted by atomic mass is 9.92. The third kappa shape index (κ3) is 4.67. The van der Waals surface area contributed by atoms with Crippen LogP contribution in [0.2, 0.25) is 0 Å². The first-order valence-corrected chi connectivity index (χ1v) is 9.38. The van der Waals surface area contributed by atoms with E-state index in [1.54, 1.807) is 0 Å². The summed E-state index contributed by atoms with van der Waals surface area (Å²) in [5.74, 6) is 0.0332. The summed E-state index contributed by atoms with van der Waals surface area (Å²) in [7, 11) is 0. The molecule has 1 aliphatic carbocycles. The van der Waals surface area contributed by atoms with Crippen molar-refractivity contribution in [2.45, 2.75) is 72.0 Å². The first kappa shape index (κ1) is 19.1. The van der Waals surface area contributed by atoms with E-state index in [-0.39, 0.29) is 5.92 Å². The van der Waals surface area contributed by atoms with Gasteiger partial charge in [0.1, 0.15) is 5.78 Å². The number of Topliss-reactive ketones (excluding diaryl/α,β-unsaturated/α-hetero) is 1. The van der Waals surface area contributed by atoms with Crippen LogP contribution in [0.25, 0.3) is 0 Å². The number of hydrogen-bond donors (Lipinski definition) is 0. The van der Waals surface area contributed by atoms with Crippen LogP contribution in [0.15, 0.2) is 34.9 Å². The molecule has 0 spiro atoms. The van der Waals surface area contributed by atoms with E-state index in [4.69, 9.17) is 9.47 Å². The summed E-state index contributed by atoms with van der Waals surface area (Å²) in [6, 6.07) is 0. The Balaban J connectivity index is 1.96. The van der Waals surface area contributed by atoms with Gasteiger partial charge in [-0.3, -0.25) is 4.79 Å². The van der Waals surface area contributed by atoms with Crippen molar-refractivity contribution in [3.63, 3.8) is 0 Å². The number of ketones is 1. The molecule has 0 aromatic carbocycles. The zero-order chi connectivity index (χ0) is 17.6. The molecule has 0 aromatic rings. The summed E-state index contributed by atoms with van der Waals surface area (Å²) in [5, 5.41) is 0. The van der Waals surface area contributed by atoms with Gasteiger partial charge < -0.3 is 9.47 Å². The smallest absolute Gasteiger partial charge is 0.192 e. The number of rotatable bonds is 8. The highest BCUT2D eigenvalue weighted by atomic mass is 16.7. The largest absolute Gasteiger partial charge is 0.344 e. The first-order chi connectivity index (χ1) is 11.5. The molecule has 0 saturated carbocycles. The molecule has 1 heterocycles. The van der Waals surface area contributed by atoms with Gasteiger partial charge >= 0.3 is 0 Å². The van der Waals surface area contributed by atoms with Crippen LogP contribution < -0.4 is 0 Å². The lowest BCUT2D eigenvalue weighted by molar-refractivity contribution is -0.123.